The fourth-order valence-electron chi connectivity index (χ4n) is 4.49. The fourth-order valence-corrected chi connectivity index (χ4v) is 5.07. The first kappa shape index (κ1) is 10.2. The summed E-state index contributed by atoms with van der Waals surface area (Å²) in [5.41, 5.74) is 2.67. The Kier molecular flexibility index (Phi) is 1.66. The zero-order valence-corrected chi connectivity index (χ0v) is 11.9. The van der Waals surface area contributed by atoms with Gasteiger partial charge >= 0.3 is 0 Å². The molecule has 3 nitrogen and oxygen atoms in total. The summed E-state index contributed by atoms with van der Waals surface area (Å²) < 4.78 is 2.61. The molecule has 0 saturated heterocycles. The molecule has 3 aliphatic rings. The maximum atomic E-state index is 6.30. The van der Waals surface area contributed by atoms with Gasteiger partial charge in [-0.25, -0.2) is 9.50 Å². The van der Waals surface area contributed by atoms with Gasteiger partial charge in [-0.2, -0.15) is 5.10 Å². The molecule has 92 valence electrons. The van der Waals surface area contributed by atoms with Crippen LogP contribution in [0.3, 0.4) is 0 Å². The number of hydrogen-bond acceptors (Lipinski definition) is 2. The van der Waals surface area contributed by atoms with Crippen LogP contribution < -0.4 is 0 Å². The van der Waals surface area contributed by atoms with Crippen LogP contribution in [0.4, 0.5) is 0 Å². The Labute approximate surface area is 118 Å². The van der Waals surface area contributed by atoms with Crippen LogP contribution >= 0.6 is 27.5 Å². The lowest BCUT2D eigenvalue weighted by atomic mass is 10.1. The van der Waals surface area contributed by atoms with Crippen molar-refractivity contribution < 1.29 is 0 Å². The monoisotopic (exact) mass is 323 g/mol. The van der Waals surface area contributed by atoms with E-state index in [9.17, 15) is 0 Å². The molecule has 2 aromatic heterocycles. The van der Waals surface area contributed by atoms with E-state index in [1.54, 1.807) is 10.7 Å². The molecule has 0 bridgehead atoms. The van der Waals surface area contributed by atoms with Crippen molar-refractivity contribution in [2.75, 3.05) is 0 Å². The molecule has 0 aliphatic heterocycles. The molecular weight excluding hydrogens is 314 g/mol. The third-order valence-corrected chi connectivity index (χ3v) is 6.14. The van der Waals surface area contributed by atoms with Crippen LogP contribution in [-0.2, 0) is 0 Å². The molecule has 18 heavy (non-hydrogen) atoms. The minimum absolute atomic E-state index is 0.640. The zero-order chi connectivity index (χ0) is 12.1. The molecule has 0 aromatic carbocycles. The largest absolute Gasteiger partial charge is 0.232 e. The SMILES string of the molecule is Clc1cc(C2C3CCC4CC432)nc2c(Br)cnn12. The van der Waals surface area contributed by atoms with Gasteiger partial charge in [0, 0.05) is 11.6 Å². The summed E-state index contributed by atoms with van der Waals surface area (Å²) in [5, 5.41) is 4.88. The van der Waals surface area contributed by atoms with Crippen molar-refractivity contribution in [2.45, 2.75) is 25.2 Å². The maximum absolute atomic E-state index is 6.30. The molecule has 3 saturated carbocycles. The van der Waals surface area contributed by atoms with Gasteiger partial charge in [-0.3, -0.25) is 0 Å². The first-order chi connectivity index (χ1) is 8.72. The minimum atomic E-state index is 0.640. The van der Waals surface area contributed by atoms with E-state index in [1.165, 1.54) is 25.0 Å². The Morgan fingerprint density at radius 3 is 3.06 bits per heavy atom. The van der Waals surface area contributed by atoms with Crippen molar-refractivity contribution in [3.8, 4) is 0 Å². The third kappa shape index (κ3) is 1.00. The van der Waals surface area contributed by atoms with E-state index in [0.29, 0.717) is 16.5 Å². The molecule has 2 heterocycles. The summed E-state index contributed by atoms with van der Waals surface area (Å²) in [6, 6.07) is 2.01. The van der Waals surface area contributed by atoms with E-state index in [-0.39, 0.29) is 0 Å². The summed E-state index contributed by atoms with van der Waals surface area (Å²) in [4.78, 5) is 4.78. The number of fused-ring (bicyclic) bond motifs is 1. The van der Waals surface area contributed by atoms with Crippen LogP contribution in [0.5, 0.6) is 0 Å². The second kappa shape index (κ2) is 2.93. The summed E-state index contributed by atoms with van der Waals surface area (Å²) >= 11 is 9.79. The highest BCUT2D eigenvalue weighted by Gasteiger charge is 2.81. The summed E-state index contributed by atoms with van der Waals surface area (Å²) in [7, 11) is 0. The van der Waals surface area contributed by atoms with Crippen LogP contribution in [-0.4, -0.2) is 14.6 Å². The van der Waals surface area contributed by atoms with Crippen molar-refractivity contribution in [2.24, 2.45) is 17.3 Å². The molecule has 3 aliphatic carbocycles. The molecule has 0 radical (unpaired) electrons. The first-order valence-corrected chi connectivity index (χ1v) is 7.58. The Bertz CT molecular complexity index is 697. The van der Waals surface area contributed by atoms with E-state index < -0.39 is 0 Å². The quantitative estimate of drug-likeness (QED) is 0.749. The van der Waals surface area contributed by atoms with Gasteiger partial charge in [0.2, 0.25) is 0 Å². The molecule has 0 amide bonds. The lowest BCUT2D eigenvalue weighted by Crippen LogP contribution is -1.99. The topological polar surface area (TPSA) is 30.2 Å². The number of halogens is 2. The van der Waals surface area contributed by atoms with Crippen molar-refractivity contribution in [1.29, 1.82) is 0 Å². The molecule has 0 N–H and O–H groups in total. The van der Waals surface area contributed by atoms with Gasteiger partial charge in [0.25, 0.3) is 0 Å². The third-order valence-electron chi connectivity index (χ3n) is 5.31. The van der Waals surface area contributed by atoms with E-state index >= 15 is 0 Å². The number of aromatic nitrogens is 3. The second-order valence-corrected chi connectivity index (χ2v) is 7.15. The second-order valence-electron chi connectivity index (χ2n) is 5.91. The van der Waals surface area contributed by atoms with Crippen LogP contribution in [0.1, 0.15) is 30.9 Å². The van der Waals surface area contributed by atoms with Crippen molar-refractivity contribution in [1.82, 2.24) is 14.6 Å². The standard InChI is InChI=1S/C13H11BrClN3/c14-8-5-16-18-10(15)3-9(17-12(8)18)11-7-2-1-6-4-13(6,7)11/h3,5-7,11H,1-2,4H2. The fraction of sp³-hybridized carbons (Fsp3) is 0.538. The molecule has 2 aromatic rings. The average molecular weight is 325 g/mol. The van der Waals surface area contributed by atoms with Crippen molar-refractivity contribution >= 4 is 33.2 Å². The predicted octanol–water partition coefficient (Wildman–Crippen LogP) is 3.66. The van der Waals surface area contributed by atoms with Gasteiger partial charge in [0.15, 0.2) is 5.65 Å². The molecule has 1 spiro atoms. The predicted molar refractivity (Wildman–Crippen MR) is 71.7 cm³/mol. The Balaban J connectivity index is 1.68. The van der Waals surface area contributed by atoms with Gasteiger partial charge in [0.1, 0.15) is 5.15 Å². The minimum Gasteiger partial charge on any atom is -0.232 e. The van der Waals surface area contributed by atoms with Gasteiger partial charge in [0.05, 0.1) is 10.7 Å². The first-order valence-electron chi connectivity index (χ1n) is 6.41. The lowest BCUT2D eigenvalue weighted by molar-refractivity contribution is 0.641. The van der Waals surface area contributed by atoms with Gasteiger partial charge < -0.3 is 0 Å². The van der Waals surface area contributed by atoms with Crippen LogP contribution in [0.2, 0.25) is 5.15 Å². The van der Waals surface area contributed by atoms with E-state index in [2.05, 4.69) is 21.0 Å². The summed E-state index contributed by atoms with van der Waals surface area (Å²) in [5.74, 6) is 2.54. The molecule has 3 fully saturated rings. The highest BCUT2D eigenvalue weighted by molar-refractivity contribution is 9.10. The van der Waals surface area contributed by atoms with E-state index in [4.69, 9.17) is 16.6 Å². The maximum Gasteiger partial charge on any atom is 0.171 e. The van der Waals surface area contributed by atoms with Crippen LogP contribution in [0.25, 0.3) is 5.65 Å². The molecule has 5 heteroatoms. The van der Waals surface area contributed by atoms with E-state index in [1.807, 2.05) is 6.07 Å². The summed E-state index contributed by atoms with van der Waals surface area (Å²) in [6.45, 7) is 0. The smallest absolute Gasteiger partial charge is 0.171 e. The van der Waals surface area contributed by atoms with Gasteiger partial charge in [-0.1, -0.05) is 11.6 Å². The number of nitrogens with zero attached hydrogens (tertiary/aromatic N) is 3. The molecule has 4 atom stereocenters. The molecular formula is C13H11BrClN3. The molecule has 5 rings (SSSR count). The number of hydrogen-bond donors (Lipinski definition) is 0. The van der Waals surface area contributed by atoms with Crippen LogP contribution in [0.15, 0.2) is 16.7 Å². The normalized spacial score (nSPS) is 39.8. The van der Waals surface area contributed by atoms with Crippen molar-refractivity contribution in [3.63, 3.8) is 0 Å². The lowest BCUT2D eigenvalue weighted by Gasteiger charge is -2.05. The zero-order valence-electron chi connectivity index (χ0n) is 9.61. The highest BCUT2D eigenvalue weighted by Crippen LogP contribution is 2.88. The average Bonchev–Trinajstić information content (AvgIpc) is 3.15. The van der Waals surface area contributed by atoms with Gasteiger partial charge in [-0.05, 0) is 58.5 Å². The Morgan fingerprint density at radius 1 is 1.44 bits per heavy atom. The van der Waals surface area contributed by atoms with Crippen LogP contribution in [0, 0.1) is 17.3 Å². The highest BCUT2D eigenvalue weighted by atomic mass is 79.9. The van der Waals surface area contributed by atoms with Crippen molar-refractivity contribution in [3.05, 3.63) is 27.6 Å². The Morgan fingerprint density at radius 2 is 2.33 bits per heavy atom. The van der Waals surface area contributed by atoms with Gasteiger partial charge in [-0.15, -0.1) is 0 Å². The Hall–Kier alpha value is -0.610. The summed E-state index contributed by atoms with van der Waals surface area (Å²) in [6.07, 6.45) is 6.00. The number of rotatable bonds is 1. The molecule has 4 unspecified atom stereocenters. The van der Waals surface area contributed by atoms with E-state index in [0.717, 1.165) is 22.0 Å².